The normalized spacial score (nSPS) is 18.5. The van der Waals surface area contributed by atoms with E-state index >= 15 is 0 Å². The predicted molar refractivity (Wildman–Crippen MR) is 128 cm³/mol. The van der Waals surface area contributed by atoms with E-state index in [0.29, 0.717) is 24.1 Å². The van der Waals surface area contributed by atoms with E-state index in [4.69, 9.17) is 4.74 Å². The van der Waals surface area contributed by atoms with Gasteiger partial charge in [0, 0.05) is 13.0 Å². The monoisotopic (exact) mass is 491 g/mol. The Balaban J connectivity index is 1.49. The van der Waals surface area contributed by atoms with Gasteiger partial charge in [-0.2, -0.15) is 8.78 Å². The number of amides is 1. The number of hydrogen-bond acceptors (Lipinski definition) is 5. The number of ether oxygens (including phenoxy) is 1. The van der Waals surface area contributed by atoms with Crippen LogP contribution in [0.2, 0.25) is 0 Å². The first-order valence-electron chi connectivity index (χ1n) is 11.6. The molecule has 2 aromatic rings. The van der Waals surface area contributed by atoms with Gasteiger partial charge in [0.2, 0.25) is 0 Å². The van der Waals surface area contributed by atoms with E-state index in [0.717, 1.165) is 24.8 Å². The van der Waals surface area contributed by atoms with Gasteiger partial charge in [-0.25, -0.2) is 4.79 Å². The highest BCUT2D eigenvalue weighted by Crippen LogP contribution is 2.34. The summed E-state index contributed by atoms with van der Waals surface area (Å²) in [7, 11) is 1.31. The maximum atomic E-state index is 14.1. The molecule has 0 radical (unpaired) electrons. The van der Waals surface area contributed by atoms with Crippen molar-refractivity contribution in [1.29, 1.82) is 0 Å². The van der Waals surface area contributed by atoms with Gasteiger partial charge in [-0.05, 0) is 54.7 Å². The van der Waals surface area contributed by atoms with Crippen molar-refractivity contribution in [2.24, 2.45) is 0 Å². The van der Waals surface area contributed by atoms with E-state index in [1.807, 2.05) is 24.3 Å². The van der Waals surface area contributed by atoms with Gasteiger partial charge in [0.1, 0.15) is 4.88 Å². The molecule has 1 saturated heterocycles. The van der Waals surface area contributed by atoms with Crippen LogP contribution in [0.4, 0.5) is 8.78 Å². The average molecular weight is 492 g/mol. The highest BCUT2D eigenvalue weighted by molar-refractivity contribution is 7.12. The summed E-state index contributed by atoms with van der Waals surface area (Å²) in [5.74, 6) is -5.01. The first-order chi connectivity index (χ1) is 16.3. The number of carbonyl (C=O) groups excluding carboxylic acids is 2. The molecule has 0 saturated carbocycles. The number of likely N-dealkylation sites (tertiary alicyclic amines) is 1. The van der Waals surface area contributed by atoms with Crippen molar-refractivity contribution in [2.45, 2.75) is 63.0 Å². The minimum atomic E-state index is -3.41. The first kappa shape index (κ1) is 26.0. The van der Waals surface area contributed by atoms with Crippen LogP contribution in [0.25, 0.3) is 0 Å². The second-order valence-electron chi connectivity index (χ2n) is 8.53. The molecular weight excluding hydrogens is 460 g/mol. The average Bonchev–Trinajstić information content (AvgIpc) is 3.38. The lowest BCUT2D eigenvalue weighted by molar-refractivity contribution is -0.148. The summed E-state index contributed by atoms with van der Waals surface area (Å²) in [6.45, 7) is 0.146. The molecule has 0 aliphatic carbocycles. The summed E-state index contributed by atoms with van der Waals surface area (Å²) < 4.78 is 33.0. The molecule has 5 nitrogen and oxygen atoms in total. The molecule has 184 valence electrons. The Kier molecular flexibility index (Phi) is 9.36. The van der Waals surface area contributed by atoms with E-state index < -0.39 is 36.4 Å². The third-order valence-electron chi connectivity index (χ3n) is 6.02. The maximum Gasteiger partial charge on any atom is 0.348 e. The van der Waals surface area contributed by atoms with Crippen molar-refractivity contribution >= 4 is 23.2 Å². The topological polar surface area (TPSA) is 66.8 Å². The molecule has 1 amide bonds. The molecule has 2 heterocycles. The standard InChI is InChI=1S/C26H31F2NO4S/c1-33-24(31)23-20(15-17-34-23)11-7-16-29-21(18-26(27,28)25(29)32)13-14-22(30)12-6-5-10-19-8-3-2-4-9-19/h2-4,8-9,13-15,17,21-22,30H,5-7,10-12,16,18H2,1H3/b14-13+/t21-,22-/m0/s1. The van der Waals surface area contributed by atoms with E-state index in [1.54, 1.807) is 5.38 Å². The lowest BCUT2D eigenvalue weighted by atomic mass is 10.0. The van der Waals surface area contributed by atoms with Gasteiger partial charge >= 0.3 is 11.9 Å². The number of unbranched alkanes of at least 4 members (excludes halogenated alkanes) is 1. The first-order valence-corrected chi connectivity index (χ1v) is 12.4. The third kappa shape index (κ3) is 6.96. The molecule has 1 aliphatic heterocycles. The Hall–Kier alpha value is -2.58. The summed E-state index contributed by atoms with van der Waals surface area (Å²) in [6, 6.07) is 11.1. The predicted octanol–water partition coefficient (Wildman–Crippen LogP) is 5.03. The van der Waals surface area contributed by atoms with E-state index in [2.05, 4.69) is 12.1 Å². The molecule has 0 bridgehead atoms. The SMILES string of the molecule is COC(=O)c1sccc1CCCN1C(=O)C(F)(F)C[C@@H]1/C=C/[C@@H](O)CCCCc1ccccc1. The smallest absolute Gasteiger partial charge is 0.348 e. The van der Waals surface area contributed by atoms with E-state index in [1.165, 1.54) is 41.1 Å². The molecule has 34 heavy (non-hydrogen) atoms. The summed E-state index contributed by atoms with van der Waals surface area (Å²) >= 11 is 1.27. The number of aliphatic hydroxyl groups excluding tert-OH is 1. The molecule has 0 spiro atoms. The number of alkyl halides is 2. The Morgan fingerprint density at radius 2 is 2.00 bits per heavy atom. The summed E-state index contributed by atoms with van der Waals surface area (Å²) in [5.41, 5.74) is 2.03. The number of carbonyl (C=O) groups is 2. The number of rotatable bonds is 12. The van der Waals surface area contributed by atoms with Gasteiger partial charge in [0.15, 0.2) is 0 Å². The van der Waals surface area contributed by atoms with Gasteiger partial charge < -0.3 is 14.7 Å². The highest BCUT2D eigenvalue weighted by Gasteiger charge is 2.52. The van der Waals surface area contributed by atoms with Crippen LogP contribution in [-0.4, -0.2) is 53.6 Å². The van der Waals surface area contributed by atoms with Crippen LogP contribution in [0.1, 0.15) is 52.9 Å². The zero-order chi connectivity index (χ0) is 24.6. The fourth-order valence-electron chi connectivity index (χ4n) is 4.18. The lowest BCUT2D eigenvalue weighted by Crippen LogP contribution is -2.36. The second-order valence-corrected chi connectivity index (χ2v) is 9.44. The summed E-state index contributed by atoms with van der Waals surface area (Å²) in [4.78, 5) is 25.7. The van der Waals surface area contributed by atoms with Crippen LogP contribution in [0.5, 0.6) is 0 Å². The third-order valence-corrected chi connectivity index (χ3v) is 6.95. The number of hydrogen-bond donors (Lipinski definition) is 1. The van der Waals surface area contributed by atoms with Gasteiger partial charge in [-0.1, -0.05) is 48.9 Å². The molecular formula is C26H31F2NO4S. The van der Waals surface area contributed by atoms with Crippen molar-refractivity contribution in [3.63, 3.8) is 0 Å². The van der Waals surface area contributed by atoms with Gasteiger partial charge in [0.05, 0.1) is 19.3 Å². The second kappa shape index (κ2) is 12.2. The van der Waals surface area contributed by atoms with Crippen molar-refractivity contribution in [3.05, 3.63) is 69.9 Å². The molecule has 8 heteroatoms. The molecule has 3 rings (SSSR count). The Labute approximate surface area is 203 Å². The Bertz CT molecular complexity index is 976. The number of methoxy groups -OCH3 is 1. The number of benzene rings is 1. The number of halogens is 2. The molecule has 1 fully saturated rings. The fourth-order valence-corrected chi connectivity index (χ4v) is 5.05. The summed E-state index contributed by atoms with van der Waals surface area (Å²) in [6.07, 6.45) is 5.85. The molecule has 1 aromatic heterocycles. The number of nitrogens with zero attached hydrogens (tertiary/aromatic N) is 1. The number of esters is 1. The molecule has 1 aromatic carbocycles. The lowest BCUT2D eigenvalue weighted by Gasteiger charge is -2.22. The Morgan fingerprint density at radius 1 is 1.24 bits per heavy atom. The Morgan fingerprint density at radius 3 is 2.74 bits per heavy atom. The minimum absolute atomic E-state index is 0.146. The van der Waals surface area contributed by atoms with Crippen LogP contribution in [0, 0.1) is 0 Å². The van der Waals surface area contributed by atoms with Crippen molar-refractivity contribution < 1.29 is 28.2 Å². The van der Waals surface area contributed by atoms with E-state index in [9.17, 15) is 23.5 Å². The zero-order valence-electron chi connectivity index (χ0n) is 19.3. The van der Waals surface area contributed by atoms with Crippen molar-refractivity contribution in [3.8, 4) is 0 Å². The van der Waals surface area contributed by atoms with Crippen LogP contribution in [0.3, 0.4) is 0 Å². The number of aliphatic hydroxyl groups is 1. The van der Waals surface area contributed by atoms with Crippen LogP contribution in [0.15, 0.2) is 53.9 Å². The quantitative estimate of drug-likeness (QED) is 0.257. The molecule has 2 atom stereocenters. The molecule has 1 N–H and O–H groups in total. The molecule has 0 unspecified atom stereocenters. The maximum absolute atomic E-state index is 14.1. The van der Waals surface area contributed by atoms with Gasteiger partial charge in [-0.3, -0.25) is 4.79 Å². The van der Waals surface area contributed by atoms with E-state index in [-0.39, 0.29) is 6.54 Å². The zero-order valence-corrected chi connectivity index (χ0v) is 20.1. The van der Waals surface area contributed by atoms with Crippen LogP contribution >= 0.6 is 11.3 Å². The van der Waals surface area contributed by atoms with Gasteiger partial charge in [-0.15, -0.1) is 11.3 Å². The van der Waals surface area contributed by atoms with Crippen molar-refractivity contribution in [1.82, 2.24) is 4.90 Å². The van der Waals surface area contributed by atoms with Crippen molar-refractivity contribution in [2.75, 3.05) is 13.7 Å². The molecule has 1 aliphatic rings. The van der Waals surface area contributed by atoms with Crippen LogP contribution < -0.4 is 0 Å². The largest absolute Gasteiger partial charge is 0.465 e. The number of aryl methyl sites for hydroxylation is 2. The fraction of sp³-hybridized carbons (Fsp3) is 0.462. The minimum Gasteiger partial charge on any atom is -0.465 e. The highest BCUT2D eigenvalue weighted by atomic mass is 32.1. The van der Waals surface area contributed by atoms with Gasteiger partial charge in [0.25, 0.3) is 5.91 Å². The number of thiophene rings is 1. The van der Waals surface area contributed by atoms with Crippen LogP contribution in [-0.2, 0) is 22.4 Å². The summed E-state index contributed by atoms with van der Waals surface area (Å²) in [5, 5.41) is 12.1.